The van der Waals surface area contributed by atoms with Crippen LogP contribution in [0.1, 0.15) is 0 Å². The molecule has 0 amide bonds. The Morgan fingerprint density at radius 1 is 1.00 bits per heavy atom. The van der Waals surface area contributed by atoms with E-state index < -0.39 is 0 Å². The molecule has 0 fully saturated rings. The molecular formula is C4H2Br2O2. The van der Waals surface area contributed by atoms with Crippen molar-refractivity contribution in [3.05, 3.63) is 12.2 Å². The second-order valence-electron chi connectivity index (χ2n) is 0.942. The van der Waals surface area contributed by atoms with Gasteiger partial charge in [-0.2, -0.15) is 0 Å². The molecule has 0 unspecified atom stereocenters. The fourth-order valence-corrected chi connectivity index (χ4v) is 0.395. The van der Waals surface area contributed by atoms with Crippen molar-refractivity contribution >= 4 is 41.2 Å². The van der Waals surface area contributed by atoms with Crippen LogP contribution in [-0.2, 0) is 9.59 Å². The van der Waals surface area contributed by atoms with Crippen LogP contribution in [0.2, 0.25) is 0 Å². The first-order valence-electron chi connectivity index (χ1n) is 1.70. The lowest BCUT2D eigenvalue weighted by Gasteiger charge is -1.71. The standard InChI is InChI=1S/C4H2Br2O2/c5-3(7)1-2-4(6)8/h1-2H/b2-1+. The van der Waals surface area contributed by atoms with E-state index in [1.807, 2.05) is 0 Å². The molecule has 0 spiro atoms. The van der Waals surface area contributed by atoms with E-state index in [0.717, 1.165) is 12.2 Å². The SMILES string of the molecule is O=C(Br)/C=C/C(=O)Br. The van der Waals surface area contributed by atoms with Crippen molar-refractivity contribution in [1.82, 2.24) is 0 Å². The summed E-state index contributed by atoms with van der Waals surface area (Å²) in [6, 6.07) is 0. The molecule has 0 N–H and O–H groups in total. The van der Waals surface area contributed by atoms with Crippen LogP contribution in [0, 0.1) is 0 Å². The zero-order valence-electron chi connectivity index (χ0n) is 3.73. The fraction of sp³-hybridized carbons (Fsp3) is 0. The lowest BCUT2D eigenvalue weighted by atomic mass is 10.6. The Morgan fingerprint density at radius 3 is 1.38 bits per heavy atom. The third-order valence-corrected chi connectivity index (χ3v) is 0.874. The number of carbonyl (C=O) groups excluding carboxylic acids is 2. The highest BCUT2D eigenvalue weighted by atomic mass is 79.9. The Labute approximate surface area is 63.2 Å². The van der Waals surface area contributed by atoms with E-state index in [4.69, 9.17) is 0 Å². The summed E-state index contributed by atoms with van der Waals surface area (Å²) < 4.78 is -0.629. The van der Waals surface area contributed by atoms with E-state index in [2.05, 4.69) is 31.9 Å². The molecule has 0 atom stereocenters. The maximum atomic E-state index is 10.0. The van der Waals surface area contributed by atoms with Gasteiger partial charge in [-0.25, -0.2) is 0 Å². The van der Waals surface area contributed by atoms with E-state index in [-0.39, 0.29) is 9.39 Å². The Hall–Kier alpha value is 0.0400. The number of hydrogen-bond donors (Lipinski definition) is 0. The summed E-state index contributed by atoms with van der Waals surface area (Å²) >= 11 is 5.21. The molecule has 0 aromatic carbocycles. The highest BCUT2D eigenvalue weighted by Gasteiger charge is 1.86. The summed E-state index contributed by atoms with van der Waals surface area (Å²) in [7, 11) is 0. The monoisotopic (exact) mass is 240 g/mol. The van der Waals surface area contributed by atoms with Crippen LogP contribution in [0.3, 0.4) is 0 Å². The topological polar surface area (TPSA) is 34.1 Å². The van der Waals surface area contributed by atoms with E-state index >= 15 is 0 Å². The second kappa shape index (κ2) is 3.97. The van der Waals surface area contributed by atoms with Gasteiger partial charge in [0.05, 0.1) is 0 Å². The van der Waals surface area contributed by atoms with Crippen molar-refractivity contribution in [3.63, 3.8) is 0 Å². The summed E-state index contributed by atoms with van der Waals surface area (Å²) in [6.07, 6.45) is 2.24. The molecule has 0 radical (unpaired) electrons. The van der Waals surface area contributed by atoms with Gasteiger partial charge in [-0.15, -0.1) is 0 Å². The zero-order chi connectivity index (χ0) is 6.57. The summed E-state index contributed by atoms with van der Waals surface area (Å²) in [5, 5.41) is 0. The first kappa shape index (κ1) is 8.04. The quantitative estimate of drug-likeness (QED) is 0.541. The van der Waals surface area contributed by atoms with Crippen molar-refractivity contribution in [1.29, 1.82) is 0 Å². The molecule has 0 aromatic rings. The van der Waals surface area contributed by atoms with Crippen LogP contribution in [0.4, 0.5) is 0 Å². The maximum Gasteiger partial charge on any atom is 0.221 e. The highest BCUT2D eigenvalue weighted by Crippen LogP contribution is 1.90. The van der Waals surface area contributed by atoms with Crippen molar-refractivity contribution in [2.45, 2.75) is 0 Å². The largest absolute Gasteiger partial charge is 0.282 e. The van der Waals surface area contributed by atoms with Gasteiger partial charge < -0.3 is 0 Å². The first-order valence-corrected chi connectivity index (χ1v) is 3.28. The molecule has 0 aliphatic rings. The number of allylic oxidation sites excluding steroid dienone is 2. The van der Waals surface area contributed by atoms with E-state index in [9.17, 15) is 9.59 Å². The van der Waals surface area contributed by atoms with Gasteiger partial charge in [0.15, 0.2) is 0 Å². The van der Waals surface area contributed by atoms with Crippen LogP contribution in [0.25, 0.3) is 0 Å². The molecule has 0 bridgehead atoms. The minimum Gasteiger partial charge on any atom is -0.282 e. The van der Waals surface area contributed by atoms with Crippen LogP contribution < -0.4 is 0 Å². The molecular weight excluding hydrogens is 240 g/mol. The van der Waals surface area contributed by atoms with Crippen molar-refractivity contribution in [3.8, 4) is 0 Å². The smallest absolute Gasteiger partial charge is 0.221 e. The van der Waals surface area contributed by atoms with E-state index in [1.54, 1.807) is 0 Å². The summed E-state index contributed by atoms with van der Waals surface area (Å²) in [5.74, 6) is 0. The van der Waals surface area contributed by atoms with E-state index in [0.29, 0.717) is 0 Å². The summed E-state index contributed by atoms with van der Waals surface area (Å²) in [6.45, 7) is 0. The Balaban J connectivity index is 3.67. The molecule has 8 heavy (non-hydrogen) atoms. The second-order valence-corrected chi connectivity index (χ2v) is 2.50. The number of hydrogen-bond acceptors (Lipinski definition) is 2. The van der Waals surface area contributed by atoms with Gasteiger partial charge in [0.1, 0.15) is 0 Å². The summed E-state index contributed by atoms with van der Waals surface area (Å²) in [5.41, 5.74) is 0. The van der Waals surface area contributed by atoms with Gasteiger partial charge in [0, 0.05) is 0 Å². The fourth-order valence-electron chi connectivity index (χ4n) is 0.131. The molecule has 0 saturated heterocycles. The third kappa shape index (κ3) is 6.04. The number of carbonyl (C=O) groups is 2. The molecule has 0 aliphatic heterocycles. The minimum absolute atomic E-state index is 0.315. The van der Waals surface area contributed by atoms with Crippen molar-refractivity contribution in [2.75, 3.05) is 0 Å². The zero-order valence-corrected chi connectivity index (χ0v) is 6.90. The molecule has 0 aliphatic carbocycles. The predicted octanol–water partition coefficient (Wildman–Crippen LogP) is 1.39. The lowest BCUT2D eigenvalue weighted by Crippen LogP contribution is -1.78. The Morgan fingerprint density at radius 2 is 1.25 bits per heavy atom. The lowest BCUT2D eigenvalue weighted by molar-refractivity contribution is -0.108. The molecule has 44 valence electrons. The van der Waals surface area contributed by atoms with Crippen LogP contribution in [0.5, 0.6) is 0 Å². The van der Waals surface area contributed by atoms with Crippen molar-refractivity contribution < 1.29 is 9.59 Å². The number of rotatable bonds is 2. The third-order valence-electron chi connectivity index (χ3n) is 0.345. The normalized spacial score (nSPS) is 9.75. The van der Waals surface area contributed by atoms with Gasteiger partial charge in [-0.3, -0.25) is 9.59 Å². The van der Waals surface area contributed by atoms with Gasteiger partial charge in [0.25, 0.3) is 0 Å². The van der Waals surface area contributed by atoms with Gasteiger partial charge in [0.2, 0.25) is 9.39 Å². The van der Waals surface area contributed by atoms with Crippen LogP contribution in [0.15, 0.2) is 12.2 Å². The van der Waals surface area contributed by atoms with E-state index in [1.165, 1.54) is 0 Å². The number of halogens is 2. The Bertz CT molecular complexity index is 123. The van der Waals surface area contributed by atoms with Crippen LogP contribution in [-0.4, -0.2) is 9.39 Å². The maximum absolute atomic E-state index is 10.0. The average Bonchev–Trinajstić information content (AvgIpc) is 1.61. The summed E-state index contributed by atoms with van der Waals surface area (Å²) in [4.78, 5) is 20.0. The van der Waals surface area contributed by atoms with Gasteiger partial charge in [-0.1, -0.05) is 0 Å². The molecule has 2 nitrogen and oxygen atoms in total. The highest BCUT2D eigenvalue weighted by molar-refractivity contribution is 9.18. The molecule has 0 rings (SSSR count). The average molecular weight is 242 g/mol. The predicted molar refractivity (Wildman–Crippen MR) is 37.0 cm³/mol. The molecule has 0 saturated carbocycles. The van der Waals surface area contributed by atoms with Crippen LogP contribution >= 0.6 is 31.9 Å². The molecule has 0 heterocycles. The van der Waals surface area contributed by atoms with Gasteiger partial charge >= 0.3 is 0 Å². The first-order chi connectivity index (χ1) is 3.63. The molecule has 0 aromatic heterocycles. The van der Waals surface area contributed by atoms with Crippen molar-refractivity contribution in [2.24, 2.45) is 0 Å². The minimum atomic E-state index is -0.315. The van der Waals surface area contributed by atoms with Gasteiger partial charge in [-0.05, 0) is 44.0 Å². The Kier molecular flexibility index (Phi) is 3.99. The molecule has 4 heteroatoms.